The number of hydrogen-bond donors (Lipinski definition) is 0. The van der Waals surface area contributed by atoms with Crippen molar-refractivity contribution >= 4 is 5.78 Å². The van der Waals surface area contributed by atoms with Crippen molar-refractivity contribution in [2.24, 2.45) is 5.92 Å². The molecule has 1 aromatic carbocycles. The lowest BCUT2D eigenvalue weighted by Gasteiger charge is -2.12. The van der Waals surface area contributed by atoms with Crippen molar-refractivity contribution in [2.45, 2.75) is 33.1 Å². The standard InChI is InChI=1S/C14H20O2/c1-4-11(5-2)13(15)10-12-8-6-7-9-14(12)16-3/h6-9,11H,4-5,10H2,1-3H3. The number of ether oxygens (including phenoxy) is 1. The molecule has 0 saturated heterocycles. The molecule has 1 rings (SSSR count). The van der Waals surface area contributed by atoms with Crippen LogP contribution >= 0.6 is 0 Å². The Morgan fingerprint density at radius 3 is 2.44 bits per heavy atom. The minimum atomic E-state index is 0.185. The fraction of sp³-hybridized carbons (Fsp3) is 0.500. The van der Waals surface area contributed by atoms with Gasteiger partial charge >= 0.3 is 0 Å². The summed E-state index contributed by atoms with van der Waals surface area (Å²) in [7, 11) is 1.64. The average Bonchev–Trinajstić information content (AvgIpc) is 2.31. The van der Waals surface area contributed by atoms with E-state index in [4.69, 9.17) is 4.74 Å². The zero-order valence-corrected chi connectivity index (χ0v) is 10.3. The van der Waals surface area contributed by atoms with Gasteiger partial charge in [-0.2, -0.15) is 0 Å². The van der Waals surface area contributed by atoms with Crippen LogP contribution in [0.15, 0.2) is 24.3 Å². The second-order valence-corrected chi connectivity index (χ2v) is 3.97. The number of benzene rings is 1. The number of hydrogen-bond acceptors (Lipinski definition) is 2. The summed E-state index contributed by atoms with van der Waals surface area (Å²) >= 11 is 0. The van der Waals surface area contributed by atoms with Crippen LogP contribution in [-0.2, 0) is 11.2 Å². The summed E-state index contributed by atoms with van der Waals surface area (Å²) in [5.41, 5.74) is 0.988. The summed E-state index contributed by atoms with van der Waals surface area (Å²) in [5, 5.41) is 0. The molecule has 2 heteroatoms. The first-order valence-electron chi connectivity index (χ1n) is 5.87. The number of rotatable bonds is 6. The van der Waals surface area contributed by atoms with Crippen LogP contribution in [0.1, 0.15) is 32.3 Å². The third-order valence-electron chi connectivity index (χ3n) is 3.00. The van der Waals surface area contributed by atoms with Crippen molar-refractivity contribution in [2.75, 3.05) is 7.11 Å². The maximum absolute atomic E-state index is 12.0. The van der Waals surface area contributed by atoms with E-state index in [9.17, 15) is 4.79 Å². The molecule has 0 aliphatic heterocycles. The van der Waals surface area contributed by atoms with E-state index < -0.39 is 0 Å². The highest BCUT2D eigenvalue weighted by atomic mass is 16.5. The normalized spacial score (nSPS) is 10.5. The highest BCUT2D eigenvalue weighted by Gasteiger charge is 2.16. The van der Waals surface area contributed by atoms with Crippen molar-refractivity contribution in [3.05, 3.63) is 29.8 Å². The van der Waals surface area contributed by atoms with Gasteiger partial charge in [-0.05, 0) is 18.9 Å². The Balaban J connectivity index is 2.76. The fourth-order valence-electron chi connectivity index (χ4n) is 1.93. The molecule has 0 heterocycles. The van der Waals surface area contributed by atoms with Gasteiger partial charge in [0.15, 0.2) is 0 Å². The summed E-state index contributed by atoms with van der Waals surface area (Å²) in [4.78, 5) is 12.0. The molecule has 0 fully saturated rings. The third-order valence-corrected chi connectivity index (χ3v) is 3.00. The molecule has 0 radical (unpaired) electrons. The van der Waals surface area contributed by atoms with Gasteiger partial charge in [-0.25, -0.2) is 0 Å². The maximum Gasteiger partial charge on any atom is 0.140 e. The molecule has 0 aliphatic rings. The van der Waals surface area contributed by atoms with Gasteiger partial charge in [0.1, 0.15) is 11.5 Å². The largest absolute Gasteiger partial charge is 0.496 e. The number of carbonyl (C=O) groups is 1. The molecule has 0 N–H and O–H groups in total. The summed E-state index contributed by atoms with van der Waals surface area (Å²) in [5.74, 6) is 1.31. The van der Waals surface area contributed by atoms with Crippen molar-refractivity contribution in [1.82, 2.24) is 0 Å². The van der Waals surface area contributed by atoms with E-state index >= 15 is 0 Å². The topological polar surface area (TPSA) is 26.3 Å². The van der Waals surface area contributed by atoms with Crippen LogP contribution in [0.5, 0.6) is 5.75 Å². The first-order chi connectivity index (χ1) is 7.72. The molecule has 0 unspecified atom stereocenters. The quantitative estimate of drug-likeness (QED) is 0.735. The Morgan fingerprint density at radius 2 is 1.88 bits per heavy atom. The monoisotopic (exact) mass is 220 g/mol. The van der Waals surface area contributed by atoms with Crippen molar-refractivity contribution in [3.63, 3.8) is 0 Å². The summed E-state index contributed by atoms with van der Waals surface area (Å²) in [6, 6.07) is 7.72. The zero-order chi connectivity index (χ0) is 12.0. The zero-order valence-electron chi connectivity index (χ0n) is 10.3. The molecule has 1 aromatic rings. The maximum atomic E-state index is 12.0. The molecule has 0 amide bonds. The molecule has 0 atom stereocenters. The van der Waals surface area contributed by atoms with Crippen LogP contribution in [0.4, 0.5) is 0 Å². The second-order valence-electron chi connectivity index (χ2n) is 3.97. The molecule has 0 aliphatic carbocycles. The Labute approximate surface area is 97.6 Å². The van der Waals surface area contributed by atoms with E-state index in [-0.39, 0.29) is 5.92 Å². The molecule has 88 valence electrons. The van der Waals surface area contributed by atoms with E-state index in [0.717, 1.165) is 24.2 Å². The average molecular weight is 220 g/mol. The Bertz CT molecular complexity index is 340. The predicted octanol–water partition coefficient (Wildman–Crippen LogP) is 3.24. The van der Waals surface area contributed by atoms with Crippen LogP contribution in [0.25, 0.3) is 0 Å². The van der Waals surface area contributed by atoms with E-state index in [1.54, 1.807) is 7.11 Å². The minimum Gasteiger partial charge on any atom is -0.496 e. The van der Waals surface area contributed by atoms with Gasteiger partial charge < -0.3 is 4.74 Å². The predicted molar refractivity (Wildman–Crippen MR) is 65.8 cm³/mol. The fourth-order valence-corrected chi connectivity index (χ4v) is 1.93. The van der Waals surface area contributed by atoms with Crippen molar-refractivity contribution in [3.8, 4) is 5.75 Å². The van der Waals surface area contributed by atoms with Gasteiger partial charge in [0.25, 0.3) is 0 Å². The van der Waals surface area contributed by atoms with Crippen LogP contribution in [0, 0.1) is 5.92 Å². The van der Waals surface area contributed by atoms with Gasteiger partial charge in [-0.3, -0.25) is 4.79 Å². The SMILES string of the molecule is CCC(CC)C(=O)Cc1ccccc1OC. The summed E-state index contributed by atoms with van der Waals surface area (Å²) in [6.07, 6.45) is 2.32. The summed E-state index contributed by atoms with van der Waals surface area (Å²) < 4.78 is 5.24. The number of ketones is 1. The molecule has 2 nitrogen and oxygen atoms in total. The molecule has 16 heavy (non-hydrogen) atoms. The van der Waals surface area contributed by atoms with Crippen LogP contribution in [0.2, 0.25) is 0 Å². The lowest BCUT2D eigenvalue weighted by atomic mass is 9.93. The van der Waals surface area contributed by atoms with Crippen LogP contribution in [-0.4, -0.2) is 12.9 Å². The lowest BCUT2D eigenvalue weighted by Crippen LogP contribution is -2.15. The second kappa shape index (κ2) is 6.31. The molecular weight excluding hydrogens is 200 g/mol. The summed E-state index contributed by atoms with van der Waals surface area (Å²) in [6.45, 7) is 4.13. The first kappa shape index (κ1) is 12.8. The number of methoxy groups -OCH3 is 1. The van der Waals surface area contributed by atoms with Crippen molar-refractivity contribution < 1.29 is 9.53 Å². The molecule has 0 bridgehead atoms. The smallest absolute Gasteiger partial charge is 0.140 e. The van der Waals surface area contributed by atoms with Gasteiger partial charge in [0.2, 0.25) is 0 Å². The van der Waals surface area contributed by atoms with E-state index in [0.29, 0.717) is 12.2 Å². The Morgan fingerprint density at radius 1 is 1.25 bits per heavy atom. The highest BCUT2D eigenvalue weighted by molar-refractivity contribution is 5.83. The number of carbonyl (C=O) groups excluding carboxylic acids is 1. The van der Waals surface area contributed by atoms with Crippen LogP contribution in [0.3, 0.4) is 0 Å². The third kappa shape index (κ3) is 3.09. The van der Waals surface area contributed by atoms with Gasteiger partial charge in [0, 0.05) is 17.9 Å². The van der Waals surface area contributed by atoms with E-state index in [1.165, 1.54) is 0 Å². The van der Waals surface area contributed by atoms with Gasteiger partial charge in [0.05, 0.1) is 7.11 Å². The Kier molecular flexibility index (Phi) is 5.03. The Hall–Kier alpha value is -1.31. The van der Waals surface area contributed by atoms with Crippen LogP contribution < -0.4 is 4.74 Å². The first-order valence-corrected chi connectivity index (χ1v) is 5.87. The van der Waals surface area contributed by atoms with E-state index in [2.05, 4.69) is 13.8 Å². The highest BCUT2D eigenvalue weighted by Crippen LogP contribution is 2.20. The van der Waals surface area contributed by atoms with Gasteiger partial charge in [-0.1, -0.05) is 32.0 Å². The molecule has 0 aromatic heterocycles. The molecular formula is C14H20O2. The molecule has 0 saturated carbocycles. The number of Topliss-reactive ketones (excluding diaryl/α,β-unsaturated/α-hetero) is 1. The number of para-hydroxylation sites is 1. The minimum absolute atomic E-state index is 0.185. The van der Waals surface area contributed by atoms with Crippen molar-refractivity contribution in [1.29, 1.82) is 0 Å². The lowest BCUT2D eigenvalue weighted by molar-refractivity contribution is -0.122. The van der Waals surface area contributed by atoms with Gasteiger partial charge in [-0.15, -0.1) is 0 Å². The van der Waals surface area contributed by atoms with E-state index in [1.807, 2.05) is 24.3 Å². The molecule has 0 spiro atoms.